The Kier molecular flexibility index (Phi) is 6.67. The minimum absolute atomic E-state index is 0. The molecule has 2 atom stereocenters. The minimum atomic E-state index is -0.0845. The number of nitrogens with one attached hydrogen (secondary N) is 2. The van der Waals surface area contributed by atoms with Gasteiger partial charge in [-0.3, -0.25) is 9.69 Å². The summed E-state index contributed by atoms with van der Waals surface area (Å²) in [6.07, 6.45) is 3.85. The molecule has 0 aromatic heterocycles. The van der Waals surface area contributed by atoms with Crippen LogP contribution in [0.2, 0.25) is 0 Å². The molecule has 1 aliphatic heterocycles. The molecule has 0 spiro atoms. The standard InChI is InChI=1S/C18H26N4O2.ClH/c1-2-20-18(24)22-9-8-12-6-7-14(10-16(12)22)21-17(23)15-5-3-4-13(15)11-19;/h6-7,10,13,15H,2-5,8-9,11,19H2,1H3,(H,20,24)(H,21,23);1H/t13-,15-;/m1./s1. The second-order valence-corrected chi connectivity index (χ2v) is 6.60. The van der Waals surface area contributed by atoms with Crippen molar-refractivity contribution in [1.82, 2.24) is 5.32 Å². The molecule has 1 aliphatic carbocycles. The van der Waals surface area contributed by atoms with E-state index in [1.807, 2.05) is 25.1 Å². The third-order valence-electron chi connectivity index (χ3n) is 5.12. The maximum atomic E-state index is 12.5. The van der Waals surface area contributed by atoms with Crippen molar-refractivity contribution in [3.63, 3.8) is 0 Å². The van der Waals surface area contributed by atoms with E-state index in [-0.39, 0.29) is 36.2 Å². The average Bonchev–Trinajstić information content (AvgIpc) is 3.21. The second-order valence-electron chi connectivity index (χ2n) is 6.60. The van der Waals surface area contributed by atoms with Gasteiger partial charge in [0.15, 0.2) is 0 Å². The van der Waals surface area contributed by atoms with E-state index in [0.717, 1.165) is 42.6 Å². The number of anilines is 2. The van der Waals surface area contributed by atoms with E-state index in [4.69, 9.17) is 5.73 Å². The van der Waals surface area contributed by atoms with E-state index in [2.05, 4.69) is 10.6 Å². The van der Waals surface area contributed by atoms with Gasteiger partial charge in [0, 0.05) is 24.7 Å². The summed E-state index contributed by atoms with van der Waals surface area (Å²) in [5.74, 6) is 0.333. The fraction of sp³-hybridized carbons (Fsp3) is 0.556. The van der Waals surface area contributed by atoms with Gasteiger partial charge in [-0.2, -0.15) is 0 Å². The molecule has 0 saturated heterocycles. The number of hydrogen-bond donors (Lipinski definition) is 3. The van der Waals surface area contributed by atoms with Gasteiger partial charge in [0.05, 0.1) is 5.69 Å². The van der Waals surface area contributed by atoms with Gasteiger partial charge >= 0.3 is 6.03 Å². The van der Waals surface area contributed by atoms with Crippen molar-refractivity contribution in [2.45, 2.75) is 32.6 Å². The van der Waals surface area contributed by atoms with Gasteiger partial charge in [0.25, 0.3) is 0 Å². The Balaban J connectivity index is 0.00000225. The maximum absolute atomic E-state index is 12.5. The molecule has 3 amide bonds. The van der Waals surface area contributed by atoms with Crippen LogP contribution in [0.3, 0.4) is 0 Å². The number of carbonyl (C=O) groups is 2. The number of nitrogens with two attached hydrogens (primary N) is 1. The zero-order valence-corrected chi connectivity index (χ0v) is 15.4. The molecule has 2 aliphatic rings. The molecule has 0 unspecified atom stereocenters. The summed E-state index contributed by atoms with van der Waals surface area (Å²) in [5, 5.41) is 5.85. The highest BCUT2D eigenvalue weighted by Gasteiger charge is 2.32. The van der Waals surface area contributed by atoms with Crippen LogP contribution in [-0.4, -0.2) is 31.6 Å². The summed E-state index contributed by atoms with van der Waals surface area (Å²) in [5.41, 5.74) is 8.55. The smallest absolute Gasteiger partial charge is 0.321 e. The number of urea groups is 1. The van der Waals surface area contributed by atoms with Crippen LogP contribution in [0.25, 0.3) is 0 Å². The molecule has 138 valence electrons. The normalized spacial score (nSPS) is 21.4. The number of carbonyl (C=O) groups excluding carboxylic acids is 2. The van der Waals surface area contributed by atoms with E-state index < -0.39 is 0 Å². The predicted molar refractivity (Wildman–Crippen MR) is 102 cm³/mol. The zero-order chi connectivity index (χ0) is 17.1. The number of rotatable bonds is 4. The first-order valence-corrected chi connectivity index (χ1v) is 8.83. The number of halogens is 1. The summed E-state index contributed by atoms with van der Waals surface area (Å²) in [6.45, 7) is 3.74. The summed E-state index contributed by atoms with van der Waals surface area (Å²) < 4.78 is 0. The number of nitrogens with zero attached hydrogens (tertiary/aromatic N) is 1. The Morgan fingerprint density at radius 1 is 1.32 bits per heavy atom. The van der Waals surface area contributed by atoms with Gasteiger partial charge in [-0.05, 0) is 56.3 Å². The van der Waals surface area contributed by atoms with Crippen LogP contribution in [0.1, 0.15) is 31.7 Å². The highest BCUT2D eigenvalue weighted by Crippen LogP contribution is 2.34. The van der Waals surface area contributed by atoms with Crippen molar-refractivity contribution in [2.24, 2.45) is 17.6 Å². The summed E-state index contributed by atoms with van der Waals surface area (Å²) in [4.78, 5) is 26.4. The Hall–Kier alpha value is -1.79. The number of fused-ring (bicyclic) bond motifs is 1. The number of benzene rings is 1. The molecule has 4 N–H and O–H groups in total. The van der Waals surface area contributed by atoms with Crippen molar-refractivity contribution in [3.8, 4) is 0 Å². The largest absolute Gasteiger partial charge is 0.338 e. The highest BCUT2D eigenvalue weighted by molar-refractivity contribution is 5.97. The monoisotopic (exact) mass is 366 g/mol. The molecule has 1 saturated carbocycles. The second kappa shape index (κ2) is 8.54. The molecular weight excluding hydrogens is 340 g/mol. The van der Waals surface area contributed by atoms with Gasteiger partial charge in [-0.25, -0.2) is 4.79 Å². The molecule has 3 rings (SSSR count). The summed E-state index contributed by atoms with van der Waals surface area (Å²) in [6, 6.07) is 5.74. The van der Waals surface area contributed by atoms with Crippen LogP contribution < -0.4 is 21.3 Å². The predicted octanol–water partition coefficient (Wildman–Crippen LogP) is 2.51. The van der Waals surface area contributed by atoms with Gasteiger partial charge in [-0.15, -0.1) is 12.4 Å². The first kappa shape index (κ1) is 19.5. The molecule has 1 aromatic carbocycles. The topological polar surface area (TPSA) is 87.5 Å². The van der Waals surface area contributed by atoms with Crippen LogP contribution in [-0.2, 0) is 11.2 Å². The average molecular weight is 367 g/mol. The third kappa shape index (κ3) is 4.07. The van der Waals surface area contributed by atoms with Crippen LogP contribution in [0.5, 0.6) is 0 Å². The number of amides is 3. The van der Waals surface area contributed by atoms with Crippen molar-refractivity contribution in [1.29, 1.82) is 0 Å². The van der Waals surface area contributed by atoms with Crippen molar-refractivity contribution < 1.29 is 9.59 Å². The van der Waals surface area contributed by atoms with Crippen LogP contribution in [0, 0.1) is 11.8 Å². The molecule has 6 nitrogen and oxygen atoms in total. The van der Waals surface area contributed by atoms with Crippen LogP contribution >= 0.6 is 12.4 Å². The summed E-state index contributed by atoms with van der Waals surface area (Å²) >= 11 is 0. The molecular formula is C18H27ClN4O2. The van der Waals surface area contributed by atoms with Crippen LogP contribution in [0.15, 0.2) is 18.2 Å². The Morgan fingerprint density at radius 3 is 2.84 bits per heavy atom. The van der Waals surface area contributed by atoms with E-state index in [1.54, 1.807) is 4.90 Å². The lowest BCUT2D eigenvalue weighted by Crippen LogP contribution is -2.38. The lowest BCUT2D eigenvalue weighted by molar-refractivity contribution is -0.120. The van der Waals surface area contributed by atoms with Gasteiger partial charge in [-0.1, -0.05) is 12.5 Å². The lowest BCUT2D eigenvalue weighted by atomic mass is 9.95. The zero-order valence-electron chi connectivity index (χ0n) is 14.6. The highest BCUT2D eigenvalue weighted by atomic mass is 35.5. The van der Waals surface area contributed by atoms with Gasteiger partial charge in [0.2, 0.25) is 5.91 Å². The lowest BCUT2D eigenvalue weighted by Gasteiger charge is -2.20. The molecule has 1 aromatic rings. The molecule has 0 bridgehead atoms. The van der Waals surface area contributed by atoms with E-state index in [0.29, 0.717) is 19.6 Å². The van der Waals surface area contributed by atoms with E-state index in [1.165, 1.54) is 0 Å². The molecule has 0 radical (unpaired) electrons. The van der Waals surface area contributed by atoms with Crippen molar-refractivity contribution in [2.75, 3.05) is 29.9 Å². The Bertz CT molecular complexity index is 638. The summed E-state index contributed by atoms with van der Waals surface area (Å²) in [7, 11) is 0. The quantitative estimate of drug-likeness (QED) is 0.765. The van der Waals surface area contributed by atoms with Crippen LogP contribution in [0.4, 0.5) is 16.2 Å². The first-order chi connectivity index (χ1) is 11.6. The van der Waals surface area contributed by atoms with Crippen molar-refractivity contribution in [3.05, 3.63) is 23.8 Å². The van der Waals surface area contributed by atoms with E-state index in [9.17, 15) is 9.59 Å². The molecule has 1 heterocycles. The Labute approximate surface area is 154 Å². The molecule has 25 heavy (non-hydrogen) atoms. The van der Waals surface area contributed by atoms with Gasteiger partial charge in [0.1, 0.15) is 0 Å². The fourth-order valence-electron chi connectivity index (χ4n) is 3.81. The fourth-order valence-corrected chi connectivity index (χ4v) is 3.81. The first-order valence-electron chi connectivity index (χ1n) is 8.83. The Morgan fingerprint density at radius 2 is 2.12 bits per heavy atom. The number of hydrogen-bond acceptors (Lipinski definition) is 3. The maximum Gasteiger partial charge on any atom is 0.321 e. The third-order valence-corrected chi connectivity index (χ3v) is 5.12. The minimum Gasteiger partial charge on any atom is -0.338 e. The van der Waals surface area contributed by atoms with Gasteiger partial charge < -0.3 is 16.4 Å². The molecule has 7 heteroatoms. The van der Waals surface area contributed by atoms with Crippen molar-refractivity contribution >= 4 is 35.7 Å². The SMILES string of the molecule is CCNC(=O)N1CCc2ccc(NC(=O)[C@@H]3CCC[C@@H]3CN)cc21.Cl. The van der Waals surface area contributed by atoms with E-state index >= 15 is 0 Å². The molecule has 1 fully saturated rings.